The van der Waals surface area contributed by atoms with E-state index in [1.807, 2.05) is 42.1 Å². The van der Waals surface area contributed by atoms with Crippen LogP contribution in [0.3, 0.4) is 0 Å². The number of aromatic nitrogens is 2. The fourth-order valence-corrected chi connectivity index (χ4v) is 3.47. The molecule has 3 aromatic rings. The van der Waals surface area contributed by atoms with Gasteiger partial charge in [-0.3, -0.25) is 14.9 Å². The molecule has 1 aromatic heterocycles. The maximum Gasteiger partial charge on any atom is 0.269 e. The lowest BCUT2D eigenvalue weighted by Crippen LogP contribution is -2.32. The molecule has 150 valence electrons. The molecule has 8 nitrogen and oxygen atoms in total. The molecule has 0 spiro atoms. The van der Waals surface area contributed by atoms with Crippen molar-refractivity contribution in [2.45, 2.75) is 10.9 Å². The lowest BCUT2D eigenvalue weighted by molar-refractivity contribution is -0.384. The highest BCUT2D eigenvalue weighted by Crippen LogP contribution is 2.25. The van der Waals surface area contributed by atoms with Crippen LogP contribution in [0.25, 0.3) is 0 Å². The zero-order chi connectivity index (χ0) is 20.8. The number of rotatable bonds is 8. The Hall–Kier alpha value is -3.33. The molecule has 0 fully saturated rings. The van der Waals surface area contributed by atoms with Crippen molar-refractivity contribution in [2.24, 2.45) is 7.05 Å². The predicted molar refractivity (Wildman–Crippen MR) is 110 cm³/mol. The summed E-state index contributed by atoms with van der Waals surface area (Å²) in [5.41, 5.74) is 0.905. The lowest BCUT2D eigenvalue weighted by atomic mass is 10.1. The van der Waals surface area contributed by atoms with E-state index in [4.69, 9.17) is 4.74 Å². The normalized spacial score (nSPS) is 11.7. The smallest absolute Gasteiger partial charge is 0.269 e. The van der Waals surface area contributed by atoms with Gasteiger partial charge in [0.15, 0.2) is 0 Å². The molecule has 0 radical (unpaired) electrons. The number of nitro groups is 1. The predicted octanol–water partition coefficient (Wildman–Crippen LogP) is 3.33. The number of imidazole rings is 1. The van der Waals surface area contributed by atoms with E-state index in [2.05, 4.69) is 10.3 Å². The van der Waals surface area contributed by atoms with Crippen molar-refractivity contribution >= 4 is 23.4 Å². The fourth-order valence-electron chi connectivity index (χ4n) is 2.76. The van der Waals surface area contributed by atoms with Gasteiger partial charge in [-0.05, 0) is 29.8 Å². The SMILES string of the molecule is COc1ccc(C(NC(=O)CSc2ccc([N+](=O)[O-])cc2)c2nccn2C)cc1. The van der Waals surface area contributed by atoms with Gasteiger partial charge >= 0.3 is 0 Å². The quantitative estimate of drug-likeness (QED) is 0.346. The number of nitrogens with one attached hydrogen (secondary N) is 1. The van der Waals surface area contributed by atoms with E-state index in [9.17, 15) is 14.9 Å². The van der Waals surface area contributed by atoms with Crippen molar-refractivity contribution in [2.75, 3.05) is 12.9 Å². The van der Waals surface area contributed by atoms with Crippen molar-refractivity contribution in [3.05, 3.63) is 82.4 Å². The summed E-state index contributed by atoms with van der Waals surface area (Å²) < 4.78 is 7.06. The Morgan fingerprint density at radius 3 is 2.48 bits per heavy atom. The molecule has 29 heavy (non-hydrogen) atoms. The number of carbonyl (C=O) groups is 1. The topological polar surface area (TPSA) is 99.3 Å². The van der Waals surface area contributed by atoms with Gasteiger partial charge in [0.2, 0.25) is 5.91 Å². The molecular weight excluding hydrogens is 392 g/mol. The van der Waals surface area contributed by atoms with Crippen molar-refractivity contribution in [1.29, 1.82) is 0 Å². The highest BCUT2D eigenvalue weighted by molar-refractivity contribution is 8.00. The number of benzene rings is 2. The minimum atomic E-state index is -0.451. The number of nitro benzene ring substituents is 1. The minimum Gasteiger partial charge on any atom is -0.497 e. The van der Waals surface area contributed by atoms with Crippen LogP contribution in [0.2, 0.25) is 0 Å². The first kappa shape index (κ1) is 20.4. The van der Waals surface area contributed by atoms with E-state index in [0.717, 1.165) is 16.2 Å². The number of ether oxygens (including phenoxy) is 1. The zero-order valence-corrected chi connectivity index (χ0v) is 16.8. The number of aryl methyl sites for hydroxylation is 1. The Balaban J connectivity index is 1.70. The third kappa shape index (κ3) is 5.14. The van der Waals surface area contributed by atoms with E-state index < -0.39 is 11.0 Å². The van der Waals surface area contributed by atoms with Crippen LogP contribution >= 0.6 is 11.8 Å². The Morgan fingerprint density at radius 1 is 1.24 bits per heavy atom. The van der Waals surface area contributed by atoms with Crippen LogP contribution in [0.4, 0.5) is 5.69 Å². The Kier molecular flexibility index (Phi) is 6.50. The monoisotopic (exact) mass is 412 g/mol. The van der Waals surface area contributed by atoms with E-state index >= 15 is 0 Å². The summed E-state index contributed by atoms with van der Waals surface area (Å²) in [7, 11) is 3.47. The van der Waals surface area contributed by atoms with Crippen LogP contribution in [-0.2, 0) is 11.8 Å². The summed E-state index contributed by atoms with van der Waals surface area (Å²) in [6.07, 6.45) is 3.51. The van der Waals surface area contributed by atoms with E-state index in [1.165, 1.54) is 23.9 Å². The first-order valence-electron chi connectivity index (χ1n) is 8.75. The van der Waals surface area contributed by atoms with Gasteiger partial charge < -0.3 is 14.6 Å². The first-order valence-corrected chi connectivity index (χ1v) is 9.74. The highest BCUT2D eigenvalue weighted by atomic mass is 32.2. The lowest BCUT2D eigenvalue weighted by Gasteiger charge is -2.19. The summed E-state index contributed by atoms with van der Waals surface area (Å²) in [6.45, 7) is 0. The third-order valence-corrected chi connectivity index (χ3v) is 5.30. The highest BCUT2D eigenvalue weighted by Gasteiger charge is 2.21. The molecule has 0 bridgehead atoms. The second-order valence-corrected chi connectivity index (χ2v) is 7.26. The molecule has 0 aliphatic heterocycles. The van der Waals surface area contributed by atoms with Gasteiger partial charge in [-0.2, -0.15) is 0 Å². The number of non-ortho nitro benzene ring substituents is 1. The maximum atomic E-state index is 12.6. The van der Waals surface area contributed by atoms with Gasteiger partial charge in [0.05, 0.1) is 17.8 Å². The van der Waals surface area contributed by atoms with Gasteiger partial charge in [0.1, 0.15) is 17.6 Å². The van der Waals surface area contributed by atoms with Crippen molar-refractivity contribution in [1.82, 2.24) is 14.9 Å². The number of thioether (sulfide) groups is 1. The van der Waals surface area contributed by atoms with Gasteiger partial charge in [-0.25, -0.2) is 4.98 Å². The van der Waals surface area contributed by atoms with Crippen LogP contribution in [0, 0.1) is 10.1 Å². The Bertz CT molecular complexity index is 986. The van der Waals surface area contributed by atoms with E-state index in [1.54, 1.807) is 25.4 Å². The number of methoxy groups -OCH3 is 1. The number of carbonyl (C=O) groups excluding carboxylic acids is 1. The van der Waals surface area contributed by atoms with Crippen LogP contribution in [0.1, 0.15) is 17.4 Å². The third-order valence-electron chi connectivity index (χ3n) is 4.29. The molecular formula is C20H20N4O4S. The number of amides is 1. The van der Waals surface area contributed by atoms with Crippen LogP contribution in [-0.4, -0.2) is 33.2 Å². The standard InChI is InChI=1S/C20H20N4O4S/c1-23-12-11-21-20(23)19(14-3-7-16(28-2)8-4-14)22-18(25)13-29-17-9-5-15(6-10-17)24(26)27/h3-12,19H,13H2,1-2H3,(H,22,25). The van der Waals surface area contributed by atoms with Crippen LogP contribution in [0.5, 0.6) is 5.75 Å². The summed E-state index contributed by atoms with van der Waals surface area (Å²) >= 11 is 1.31. The molecule has 1 unspecified atom stereocenters. The number of hydrogen-bond acceptors (Lipinski definition) is 6. The molecule has 1 atom stereocenters. The summed E-state index contributed by atoms with van der Waals surface area (Å²) in [5, 5.41) is 13.8. The molecule has 0 saturated heterocycles. The van der Waals surface area contributed by atoms with Crippen molar-refractivity contribution < 1.29 is 14.5 Å². The van der Waals surface area contributed by atoms with Crippen LogP contribution in [0.15, 0.2) is 65.8 Å². The molecule has 1 N–H and O–H groups in total. The summed E-state index contributed by atoms with van der Waals surface area (Å²) in [5.74, 6) is 1.45. The molecule has 0 saturated carbocycles. The molecule has 0 aliphatic rings. The van der Waals surface area contributed by atoms with Gasteiger partial charge in [-0.15, -0.1) is 11.8 Å². The van der Waals surface area contributed by atoms with Gasteiger partial charge in [-0.1, -0.05) is 12.1 Å². The molecule has 3 rings (SSSR count). The second kappa shape index (κ2) is 9.24. The zero-order valence-electron chi connectivity index (χ0n) is 15.9. The fraction of sp³-hybridized carbons (Fsp3) is 0.200. The van der Waals surface area contributed by atoms with Crippen molar-refractivity contribution in [3.63, 3.8) is 0 Å². The minimum absolute atomic E-state index is 0.0214. The Labute approximate surface area is 172 Å². The van der Waals surface area contributed by atoms with E-state index in [-0.39, 0.29) is 17.3 Å². The second-order valence-electron chi connectivity index (χ2n) is 6.21. The summed E-state index contributed by atoms with van der Waals surface area (Å²) in [6, 6.07) is 13.2. The van der Waals surface area contributed by atoms with Gasteiger partial charge in [0, 0.05) is 36.5 Å². The van der Waals surface area contributed by atoms with Crippen molar-refractivity contribution in [3.8, 4) is 5.75 Å². The molecule has 9 heteroatoms. The number of nitrogens with zero attached hydrogens (tertiary/aromatic N) is 3. The maximum absolute atomic E-state index is 12.6. The molecule has 1 amide bonds. The van der Waals surface area contributed by atoms with Gasteiger partial charge in [0.25, 0.3) is 5.69 Å². The molecule has 1 heterocycles. The molecule has 0 aliphatic carbocycles. The van der Waals surface area contributed by atoms with E-state index in [0.29, 0.717) is 5.82 Å². The van der Waals surface area contributed by atoms with Crippen LogP contribution < -0.4 is 10.1 Å². The largest absolute Gasteiger partial charge is 0.497 e. The Morgan fingerprint density at radius 2 is 1.93 bits per heavy atom. The summed E-state index contributed by atoms with van der Waals surface area (Å²) in [4.78, 5) is 28.0. The first-order chi connectivity index (χ1) is 14.0. The average molecular weight is 412 g/mol. The average Bonchev–Trinajstić information content (AvgIpc) is 3.16. The number of hydrogen-bond donors (Lipinski definition) is 1. The molecule has 2 aromatic carbocycles.